The van der Waals surface area contributed by atoms with Gasteiger partial charge in [-0.1, -0.05) is 15.9 Å². The van der Waals surface area contributed by atoms with Gasteiger partial charge in [0.2, 0.25) is 0 Å². The maximum absolute atomic E-state index is 11.9. The number of methoxy groups -OCH3 is 1. The molecule has 0 aromatic heterocycles. The van der Waals surface area contributed by atoms with Gasteiger partial charge in [0.25, 0.3) is 5.91 Å². The van der Waals surface area contributed by atoms with Crippen LogP contribution in [0, 0.1) is 0 Å². The lowest BCUT2D eigenvalue weighted by molar-refractivity contribution is 0.0955. The summed E-state index contributed by atoms with van der Waals surface area (Å²) in [6.07, 6.45) is 1.37. The lowest BCUT2D eigenvalue weighted by Crippen LogP contribution is -2.17. The van der Waals surface area contributed by atoms with Crippen LogP contribution in [-0.4, -0.2) is 24.3 Å². The first-order chi connectivity index (χ1) is 10.5. The molecule has 2 rings (SSSR count). The van der Waals surface area contributed by atoms with Crippen molar-refractivity contribution in [2.45, 2.75) is 0 Å². The maximum atomic E-state index is 11.9. The first kappa shape index (κ1) is 16.5. The fourth-order valence-corrected chi connectivity index (χ4v) is 2.91. The molecular weight excluding hydrogens is 416 g/mol. The van der Waals surface area contributed by atoms with Crippen LogP contribution in [0.15, 0.2) is 50.4 Å². The van der Waals surface area contributed by atoms with Gasteiger partial charge in [-0.2, -0.15) is 5.10 Å². The van der Waals surface area contributed by atoms with Crippen LogP contribution in [0.25, 0.3) is 0 Å². The smallest absolute Gasteiger partial charge is 0.271 e. The van der Waals surface area contributed by atoms with E-state index in [0.717, 1.165) is 4.47 Å². The molecule has 0 aliphatic heterocycles. The van der Waals surface area contributed by atoms with Crippen LogP contribution in [0.2, 0.25) is 0 Å². The first-order valence-electron chi connectivity index (χ1n) is 6.16. The minimum absolute atomic E-state index is 0.0469. The number of benzene rings is 2. The molecule has 0 heterocycles. The molecule has 0 aliphatic rings. The van der Waals surface area contributed by atoms with Crippen molar-refractivity contribution in [2.24, 2.45) is 5.10 Å². The standard InChI is InChI=1S/C15H12Br2N2O3/c1-22-12-4-2-9(3-5-12)15(21)19-18-8-10-6-11(16)7-13(17)14(10)20/h2-8,20H,1H3,(H,19,21)/b18-8+. The summed E-state index contributed by atoms with van der Waals surface area (Å²) in [6, 6.07) is 10.0. The Morgan fingerprint density at radius 2 is 1.95 bits per heavy atom. The van der Waals surface area contributed by atoms with E-state index in [1.165, 1.54) is 6.21 Å². The maximum Gasteiger partial charge on any atom is 0.271 e. The molecule has 0 fully saturated rings. The SMILES string of the molecule is COc1ccc(C(=O)N/N=C/c2cc(Br)cc(Br)c2O)cc1. The van der Waals surface area contributed by atoms with Crippen molar-refractivity contribution in [3.05, 3.63) is 56.5 Å². The Morgan fingerprint density at radius 1 is 1.27 bits per heavy atom. The predicted octanol–water partition coefficient (Wildman–Crippen LogP) is 3.69. The molecule has 2 aromatic carbocycles. The van der Waals surface area contributed by atoms with Gasteiger partial charge in [0, 0.05) is 15.6 Å². The number of nitrogens with zero attached hydrogens (tertiary/aromatic N) is 1. The summed E-state index contributed by atoms with van der Waals surface area (Å²) in [7, 11) is 1.56. The summed E-state index contributed by atoms with van der Waals surface area (Å²) < 4.78 is 6.34. The van der Waals surface area contributed by atoms with E-state index >= 15 is 0 Å². The summed E-state index contributed by atoms with van der Waals surface area (Å²) >= 11 is 6.54. The third kappa shape index (κ3) is 4.08. The van der Waals surface area contributed by atoms with Gasteiger partial charge in [0.1, 0.15) is 11.5 Å². The molecule has 0 atom stereocenters. The first-order valence-corrected chi connectivity index (χ1v) is 7.75. The van der Waals surface area contributed by atoms with E-state index in [4.69, 9.17) is 4.74 Å². The molecule has 2 aromatic rings. The van der Waals surface area contributed by atoms with E-state index < -0.39 is 0 Å². The highest BCUT2D eigenvalue weighted by atomic mass is 79.9. The molecule has 114 valence electrons. The number of carbonyl (C=O) groups excluding carboxylic acids is 1. The summed E-state index contributed by atoms with van der Waals surface area (Å²) in [5, 5.41) is 13.7. The fourth-order valence-electron chi connectivity index (χ4n) is 1.65. The number of phenols is 1. The molecule has 5 nitrogen and oxygen atoms in total. The van der Waals surface area contributed by atoms with Crippen LogP contribution >= 0.6 is 31.9 Å². The van der Waals surface area contributed by atoms with Gasteiger partial charge >= 0.3 is 0 Å². The zero-order chi connectivity index (χ0) is 16.1. The second-order valence-electron chi connectivity index (χ2n) is 4.25. The van der Waals surface area contributed by atoms with Crippen molar-refractivity contribution in [3.8, 4) is 11.5 Å². The van der Waals surface area contributed by atoms with Crippen LogP contribution in [-0.2, 0) is 0 Å². The summed E-state index contributed by atoms with van der Waals surface area (Å²) in [6.45, 7) is 0. The number of ether oxygens (including phenoxy) is 1. The number of hydrogen-bond acceptors (Lipinski definition) is 4. The van der Waals surface area contributed by atoms with Crippen LogP contribution < -0.4 is 10.2 Å². The molecule has 0 saturated carbocycles. The minimum atomic E-state index is -0.354. The van der Waals surface area contributed by atoms with Crippen molar-refractivity contribution in [2.75, 3.05) is 7.11 Å². The minimum Gasteiger partial charge on any atom is -0.506 e. The summed E-state index contributed by atoms with van der Waals surface area (Å²) in [5.41, 5.74) is 3.32. The Kier molecular flexibility index (Phi) is 5.57. The number of carbonyl (C=O) groups is 1. The normalized spacial score (nSPS) is 10.7. The largest absolute Gasteiger partial charge is 0.506 e. The highest BCUT2D eigenvalue weighted by Crippen LogP contribution is 2.30. The lowest BCUT2D eigenvalue weighted by atomic mass is 10.2. The van der Waals surface area contributed by atoms with E-state index in [1.807, 2.05) is 0 Å². The Balaban J connectivity index is 2.07. The second kappa shape index (κ2) is 7.42. The van der Waals surface area contributed by atoms with E-state index in [2.05, 4.69) is 42.4 Å². The molecule has 0 spiro atoms. The second-order valence-corrected chi connectivity index (χ2v) is 6.02. The van der Waals surface area contributed by atoms with Gasteiger partial charge in [-0.25, -0.2) is 5.43 Å². The number of hydrogen-bond donors (Lipinski definition) is 2. The molecular formula is C15H12Br2N2O3. The zero-order valence-corrected chi connectivity index (χ0v) is 14.7. The zero-order valence-electron chi connectivity index (χ0n) is 11.5. The number of nitrogens with one attached hydrogen (secondary N) is 1. The molecule has 2 N–H and O–H groups in total. The fraction of sp³-hybridized carbons (Fsp3) is 0.0667. The molecule has 0 radical (unpaired) electrons. The van der Waals surface area contributed by atoms with E-state index in [1.54, 1.807) is 43.5 Å². The van der Waals surface area contributed by atoms with Crippen molar-refractivity contribution < 1.29 is 14.6 Å². The molecule has 0 bridgehead atoms. The third-order valence-corrected chi connectivity index (χ3v) is 3.84. The lowest BCUT2D eigenvalue weighted by Gasteiger charge is -2.04. The van der Waals surface area contributed by atoms with Crippen LogP contribution in [0.1, 0.15) is 15.9 Å². The van der Waals surface area contributed by atoms with Crippen molar-refractivity contribution >= 4 is 44.0 Å². The van der Waals surface area contributed by atoms with E-state index in [9.17, 15) is 9.90 Å². The average Bonchev–Trinajstić information content (AvgIpc) is 2.51. The monoisotopic (exact) mass is 426 g/mol. The topological polar surface area (TPSA) is 70.9 Å². The number of halogens is 2. The number of phenolic OH excluding ortho intramolecular Hbond substituents is 1. The Labute approximate surface area is 144 Å². The Hall–Kier alpha value is -1.86. The van der Waals surface area contributed by atoms with Gasteiger partial charge < -0.3 is 9.84 Å². The molecule has 0 aliphatic carbocycles. The van der Waals surface area contributed by atoms with E-state index in [-0.39, 0.29) is 11.7 Å². The van der Waals surface area contributed by atoms with Gasteiger partial charge in [-0.15, -0.1) is 0 Å². The van der Waals surface area contributed by atoms with Gasteiger partial charge in [0.05, 0.1) is 17.8 Å². The third-order valence-electron chi connectivity index (χ3n) is 2.78. The average molecular weight is 428 g/mol. The van der Waals surface area contributed by atoms with Crippen LogP contribution in [0.3, 0.4) is 0 Å². The number of rotatable bonds is 4. The molecule has 7 heteroatoms. The highest BCUT2D eigenvalue weighted by Gasteiger charge is 2.06. The number of amides is 1. The number of hydrazone groups is 1. The Morgan fingerprint density at radius 3 is 2.59 bits per heavy atom. The number of aromatic hydroxyl groups is 1. The quantitative estimate of drug-likeness (QED) is 0.577. The summed E-state index contributed by atoms with van der Waals surface area (Å²) in [5.74, 6) is 0.363. The highest BCUT2D eigenvalue weighted by molar-refractivity contribution is 9.11. The van der Waals surface area contributed by atoms with Gasteiger partial charge in [-0.3, -0.25) is 4.79 Å². The molecule has 0 unspecified atom stereocenters. The summed E-state index contributed by atoms with van der Waals surface area (Å²) in [4.78, 5) is 11.9. The Bertz CT molecular complexity index is 715. The van der Waals surface area contributed by atoms with E-state index in [0.29, 0.717) is 21.3 Å². The molecule has 22 heavy (non-hydrogen) atoms. The van der Waals surface area contributed by atoms with Crippen molar-refractivity contribution in [1.82, 2.24) is 5.43 Å². The van der Waals surface area contributed by atoms with Crippen molar-refractivity contribution in [3.63, 3.8) is 0 Å². The predicted molar refractivity (Wildman–Crippen MR) is 91.6 cm³/mol. The van der Waals surface area contributed by atoms with Crippen LogP contribution in [0.4, 0.5) is 0 Å². The van der Waals surface area contributed by atoms with Gasteiger partial charge in [-0.05, 0) is 52.3 Å². The van der Waals surface area contributed by atoms with Gasteiger partial charge in [0.15, 0.2) is 0 Å². The molecule has 0 saturated heterocycles. The van der Waals surface area contributed by atoms with Crippen LogP contribution in [0.5, 0.6) is 11.5 Å². The van der Waals surface area contributed by atoms with Crippen molar-refractivity contribution in [1.29, 1.82) is 0 Å². The molecule has 1 amide bonds.